The SMILES string of the molecule is Cc1ccc(C(=O)CS(=O)(=O)[O-])cc1.[Na+]. The van der Waals surface area contributed by atoms with Crippen molar-refractivity contribution in [1.29, 1.82) is 0 Å². The molecule has 15 heavy (non-hydrogen) atoms. The van der Waals surface area contributed by atoms with Gasteiger partial charge in [-0.25, -0.2) is 8.42 Å². The summed E-state index contributed by atoms with van der Waals surface area (Å²) in [5.41, 5.74) is 1.21. The van der Waals surface area contributed by atoms with Crippen LogP contribution in [0, 0.1) is 6.92 Å². The fraction of sp³-hybridized carbons (Fsp3) is 0.222. The van der Waals surface area contributed by atoms with Crippen LogP contribution in [0.2, 0.25) is 0 Å². The summed E-state index contributed by atoms with van der Waals surface area (Å²) in [6.45, 7) is 1.85. The number of ketones is 1. The molecule has 0 heterocycles. The number of carbonyl (C=O) groups is 1. The van der Waals surface area contributed by atoms with Crippen LogP contribution in [0.5, 0.6) is 0 Å². The molecule has 0 spiro atoms. The minimum Gasteiger partial charge on any atom is -0.748 e. The van der Waals surface area contributed by atoms with E-state index >= 15 is 0 Å². The zero-order chi connectivity index (χ0) is 10.8. The van der Waals surface area contributed by atoms with Gasteiger partial charge in [-0.15, -0.1) is 0 Å². The Bertz CT molecular complexity index is 436. The van der Waals surface area contributed by atoms with Crippen molar-refractivity contribution in [3.05, 3.63) is 35.4 Å². The normalized spacial score (nSPS) is 10.5. The Balaban J connectivity index is 0.00000196. The summed E-state index contributed by atoms with van der Waals surface area (Å²) in [4.78, 5) is 11.2. The molecule has 0 aliphatic heterocycles. The molecule has 1 rings (SSSR count). The molecule has 0 unspecified atom stereocenters. The maximum atomic E-state index is 11.2. The first kappa shape index (κ1) is 14.8. The van der Waals surface area contributed by atoms with Gasteiger partial charge in [-0.05, 0) is 6.92 Å². The van der Waals surface area contributed by atoms with E-state index in [2.05, 4.69) is 0 Å². The van der Waals surface area contributed by atoms with Gasteiger partial charge in [-0.2, -0.15) is 0 Å². The van der Waals surface area contributed by atoms with E-state index in [1.807, 2.05) is 6.92 Å². The van der Waals surface area contributed by atoms with Crippen molar-refractivity contribution in [2.75, 3.05) is 5.75 Å². The Hall–Kier alpha value is -0.200. The van der Waals surface area contributed by atoms with Gasteiger partial charge >= 0.3 is 29.6 Å². The summed E-state index contributed by atoms with van der Waals surface area (Å²) in [6, 6.07) is 6.38. The topological polar surface area (TPSA) is 74.3 Å². The fourth-order valence-corrected chi connectivity index (χ4v) is 1.47. The standard InChI is InChI=1S/C9H10O4S.Na/c1-7-2-4-8(5-3-7)9(10)6-14(11,12)13;/h2-5H,6H2,1H3,(H,11,12,13);/q;+1/p-1. The van der Waals surface area contributed by atoms with Crippen LogP contribution in [0.4, 0.5) is 0 Å². The number of hydrogen-bond donors (Lipinski definition) is 0. The molecule has 0 aliphatic carbocycles. The van der Waals surface area contributed by atoms with E-state index in [9.17, 15) is 17.8 Å². The number of rotatable bonds is 3. The Labute approximate surface area is 111 Å². The average molecular weight is 236 g/mol. The molecule has 0 aliphatic rings. The van der Waals surface area contributed by atoms with E-state index in [0.29, 0.717) is 0 Å². The molecule has 0 radical (unpaired) electrons. The minimum absolute atomic E-state index is 0. The van der Waals surface area contributed by atoms with E-state index in [-0.39, 0.29) is 35.1 Å². The van der Waals surface area contributed by atoms with Gasteiger partial charge in [-0.1, -0.05) is 29.8 Å². The van der Waals surface area contributed by atoms with E-state index < -0.39 is 21.7 Å². The molecule has 0 fully saturated rings. The van der Waals surface area contributed by atoms with Gasteiger partial charge in [0.15, 0.2) is 5.78 Å². The van der Waals surface area contributed by atoms with Crippen molar-refractivity contribution in [1.82, 2.24) is 0 Å². The summed E-state index contributed by atoms with van der Waals surface area (Å²) in [5, 5.41) is 0. The third kappa shape index (κ3) is 5.44. The molecule has 0 atom stereocenters. The van der Waals surface area contributed by atoms with E-state index in [0.717, 1.165) is 5.56 Å². The zero-order valence-electron chi connectivity index (χ0n) is 8.56. The number of hydrogen-bond acceptors (Lipinski definition) is 4. The first-order valence-electron chi connectivity index (χ1n) is 3.92. The summed E-state index contributed by atoms with van der Waals surface area (Å²) in [6.07, 6.45) is 0. The molecule has 0 saturated heterocycles. The van der Waals surface area contributed by atoms with Crippen LogP contribution in [-0.2, 0) is 10.1 Å². The van der Waals surface area contributed by atoms with Crippen molar-refractivity contribution in [2.45, 2.75) is 6.92 Å². The summed E-state index contributed by atoms with van der Waals surface area (Å²) >= 11 is 0. The summed E-state index contributed by atoms with van der Waals surface area (Å²) in [5.74, 6) is -1.64. The number of Topliss-reactive ketones (excluding diaryl/α,β-unsaturated/α-hetero) is 1. The van der Waals surface area contributed by atoms with Crippen molar-refractivity contribution < 1.29 is 47.3 Å². The Kier molecular flexibility index (Phi) is 5.69. The maximum Gasteiger partial charge on any atom is 1.00 e. The third-order valence-electron chi connectivity index (χ3n) is 1.68. The molecule has 6 heteroatoms. The Morgan fingerprint density at radius 3 is 2.13 bits per heavy atom. The Morgan fingerprint density at radius 1 is 1.27 bits per heavy atom. The second-order valence-corrected chi connectivity index (χ2v) is 4.40. The van der Waals surface area contributed by atoms with Crippen LogP contribution in [0.25, 0.3) is 0 Å². The summed E-state index contributed by atoms with van der Waals surface area (Å²) in [7, 11) is -4.48. The first-order valence-corrected chi connectivity index (χ1v) is 5.50. The van der Waals surface area contributed by atoms with Crippen LogP contribution < -0.4 is 29.6 Å². The number of aryl methyl sites for hydroxylation is 1. The van der Waals surface area contributed by atoms with Crippen LogP contribution >= 0.6 is 0 Å². The van der Waals surface area contributed by atoms with Crippen LogP contribution in [0.15, 0.2) is 24.3 Å². The van der Waals surface area contributed by atoms with Gasteiger partial charge in [0.25, 0.3) is 0 Å². The van der Waals surface area contributed by atoms with Gasteiger partial charge in [0.05, 0.1) is 0 Å². The van der Waals surface area contributed by atoms with Gasteiger partial charge < -0.3 is 4.55 Å². The predicted molar refractivity (Wildman–Crippen MR) is 50.1 cm³/mol. The molecule has 76 valence electrons. The van der Waals surface area contributed by atoms with Gasteiger partial charge in [0.2, 0.25) is 0 Å². The van der Waals surface area contributed by atoms with Crippen molar-refractivity contribution in [3.63, 3.8) is 0 Å². The van der Waals surface area contributed by atoms with E-state index in [1.165, 1.54) is 12.1 Å². The third-order valence-corrected chi connectivity index (χ3v) is 2.30. The molecular weight excluding hydrogens is 227 g/mol. The molecular formula is C9H9NaO4S. The van der Waals surface area contributed by atoms with Crippen molar-refractivity contribution in [2.24, 2.45) is 0 Å². The molecule has 0 bridgehead atoms. The zero-order valence-corrected chi connectivity index (χ0v) is 11.4. The summed E-state index contributed by atoms with van der Waals surface area (Å²) < 4.78 is 30.9. The second kappa shape index (κ2) is 5.77. The van der Waals surface area contributed by atoms with E-state index in [4.69, 9.17) is 0 Å². The smallest absolute Gasteiger partial charge is 0.748 e. The van der Waals surface area contributed by atoms with Gasteiger partial charge in [-0.3, -0.25) is 4.79 Å². The van der Waals surface area contributed by atoms with Crippen molar-refractivity contribution in [3.8, 4) is 0 Å². The molecule has 0 amide bonds. The Morgan fingerprint density at radius 2 is 1.73 bits per heavy atom. The molecule has 0 N–H and O–H groups in total. The monoisotopic (exact) mass is 236 g/mol. The number of benzene rings is 1. The van der Waals surface area contributed by atoms with E-state index in [1.54, 1.807) is 12.1 Å². The van der Waals surface area contributed by atoms with Gasteiger partial charge in [0, 0.05) is 5.56 Å². The van der Waals surface area contributed by atoms with Gasteiger partial charge in [0.1, 0.15) is 15.9 Å². The van der Waals surface area contributed by atoms with Crippen LogP contribution in [0.1, 0.15) is 15.9 Å². The predicted octanol–water partition coefficient (Wildman–Crippen LogP) is -2.27. The molecule has 1 aromatic rings. The quantitative estimate of drug-likeness (QED) is 0.337. The second-order valence-electron chi connectivity index (χ2n) is 2.99. The minimum atomic E-state index is -4.48. The van der Waals surface area contributed by atoms with Crippen LogP contribution in [-0.4, -0.2) is 24.5 Å². The molecule has 4 nitrogen and oxygen atoms in total. The van der Waals surface area contributed by atoms with Crippen LogP contribution in [0.3, 0.4) is 0 Å². The number of carbonyl (C=O) groups excluding carboxylic acids is 1. The maximum absolute atomic E-state index is 11.2. The average Bonchev–Trinajstić information content (AvgIpc) is 2.02. The molecule has 1 aromatic carbocycles. The largest absolute Gasteiger partial charge is 1.00 e. The first-order chi connectivity index (χ1) is 6.38. The fourth-order valence-electron chi connectivity index (χ4n) is 0.983. The molecule has 0 saturated carbocycles. The van der Waals surface area contributed by atoms with Crippen molar-refractivity contribution >= 4 is 15.9 Å². The molecule has 0 aromatic heterocycles.